The molecule has 1 N–H and O–H groups in total. The quantitative estimate of drug-likeness (QED) is 0.853. The summed E-state index contributed by atoms with van der Waals surface area (Å²) in [5.74, 6) is -0.186. The number of aromatic nitrogens is 1. The third-order valence-corrected chi connectivity index (χ3v) is 6.92. The number of nitrogens with one attached hydrogen (secondary N) is 1. The second kappa shape index (κ2) is 7.08. The molecule has 0 radical (unpaired) electrons. The molecule has 0 saturated carbocycles. The largest absolute Gasteiger partial charge is 0.356 e. The first kappa shape index (κ1) is 17.2. The summed E-state index contributed by atoms with van der Waals surface area (Å²) in [6.45, 7) is 4.10. The van der Waals surface area contributed by atoms with E-state index in [0.717, 1.165) is 17.7 Å². The van der Waals surface area contributed by atoms with Crippen LogP contribution in [0.1, 0.15) is 35.1 Å². The Bertz CT molecular complexity index is 790. The van der Waals surface area contributed by atoms with Crippen molar-refractivity contribution in [2.45, 2.75) is 31.2 Å². The van der Waals surface area contributed by atoms with Gasteiger partial charge in [0.05, 0.1) is 6.54 Å². The molecule has 0 unspecified atom stereocenters. The molecular weight excluding hydrogens is 346 g/mol. The number of nitrogens with zero attached hydrogens (tertiary/aromatic N) is 2. The number of H-pyrrole nitrogens is 1. The minimum absolute atomic E-state index is 0.167. The summed E-state index contributed by atoms with van der Waals surface area (Å²) in [5, 5.41) is 1.98. The number of hydrogen-bond acceptors (Lipinski definition) is 4. The van der Waals surface area contributed by atoms with Crippen LogP contribution in [-0.2, 0) is 16.6 Å². The molecule has 3 rings (SSSR count). The van der Waals surface area contributed by atoms with Crippen LogP contribution >= 0.6 is 11.3 Å². The second-order valence-electron chi connectivity index (χ2n) is 5.76. The van der Waals surface area contributed by atoms with Crippen LogP contribution in [-0.4, -0.2) is 48.1 Å². The fourth-order valence-electron chi connectivity index (χ4n) is 2.81. The number of amides is 1. The van der Waals surface area contributed by atoms with E-state index in [1.807, 2.05) is 24.4 Å². The highest BCUT2D eigenvalue weighted by atomic mass is 32.2. The predicted molar refractivity (Wildman–Crippen MR) is 93.5 cm³/mol. The maximum Gasteiger partial charge on any atom is 0.270 e. The molecule has 8 heteroatoms. The topological polar surface area (TPSA) is 73.5 Å². The lowest BCUT2D eigenvalue weighted by molar-refractivity contribution is 0.0749. The number of sulfonamides is 1. The maximum atomic E-state index is 12.7. The van der Waals surface area contributed by atoms with Crippen LogP contribution in [0.4, 0.5) is 0 Å². The van der Waals surface area contributed by atoms with E-state index in [-0.39, 0.29) is 10.8 Å². The summed E-state index contributed by atoms with van der Waals surface area (Å²) < 4.78 is 26.6. The van der Waals surface area contributed by atoms with Crippen LogP contribution in [0.3, 0.4) is 0 Å². The lowest BCUT2D eigenvalue weighted by Gasteiger charge is -2.19. The zero-order chi connectivity index (χ0) is 17.2. The molecule has 0 spiro atoms. The van der Waals surface area contributed by atoms with Gasteiger partial charge in [0, 0.05) is 30.7 Å². The van der Waals surface area contributed by atoms with Crippen LogP contribution < -0.4 is 0 Å². The molecule has 1 aliphatic heterocycles. The van der Waals surface area contributed by atoms with Gasteiger partial charge in [-0.3, -0.25) is 4.79 Å². The molecule has 0 atom stereocenters. The van der Waals surface area contributed by atoms with Gasteiger partial charge in [-0.25, -0.2) is 8.42 Å². The average Bonchev–Trinajstić information content (AvgIpc) is 3.34. The van der Waals surface area contributed by atoms with E-state index in [9.17, 15) is 13.2 Å². The summed E-state index contributed by atoms with van der Waals surface area (Å²) in [7, 11) is -3.50. The molecular formula is C16H21N3O3S2. The molecule has 0 bridgehead atoms. The van der Waals surface area contributed by atoms with Crippen molar-refractivity contribution in [1.29, 1.82) is 0 Å². The van der Waals surface area contributed by atoms with Crippen LogP contribution in [0.2, 0.25) is 0 Å². The van der Waals surface area contributed by atoms with E-state index < -0.39 is 10.0 Å². The lowest BCUT2D eigenvalue weighted by Crippen LogP contribution is -2.30. The molecule has 0 aliphatic carbocycles. The van der Waals surface area contributed by atoms with E-state index >= 15 is 0 Å². The van der Waals surface area contributed by atoms with Gasteiger partial charge in [0.2, 0.25) is 10.0 Å². The van der Waals surface area contributed by atoms with Gasteiger partial charge < -0.3 is 9.88 Å². The SMILES string of the molecule is CCN(Cc1cccs1)C(=O)c1cc(S(=O)(=O)N2CCCC2)c[nH]1. The third-order valence-electron chi connectivity index (χ3n) is 4.19. The molecule has 1 aliphatic rings. The second-order valence-corrected chi connectivity index (χ2v) is 8.73. The van der Waals surface area contributed by atoms with E-state index in [2.05, 4.69) is 4.98 Å². The van der Waals surface area contributed by atoms with Crippen molar-refractivity contribution in [2.75, 3.05) is 19.6 Å². The molecule has 2 aromatic rings. The molecule has 130 valence electrons. The highest BCUT2D eigenvalue weighted by molar-refractivity contribution is 7.89. The van der Waals surface area contributed by atoms with Crippen LogP contribution in [0.5, 0.6) is 0 Å². The molecule has 24 heavy (non-hydrogen) atoms. The summed E-state index contributed by atoms with van der Waals surface area (Å²) >= 11 is 1.60. The van der Waals surface area contributed by atoms with E-state index in [1.165, 1.54) is 16.6 Å². The number of rotatable bonds is 6. The van der Waals surface area contributed by atoms with Crippen molar-refractivity contribution in [3.63, 3.8) is 0 Å². The fourth-order valence-corrected chi connectivity index (χ4v) is 5.04. The third kappa shape index (κ3) is 3.40. The first-order valence-electron chi connectivity index (χ1n) is 8.02. The monoisotopic (exact) mass is 367 g/mol. The van der Waals surface area contributed by atoms with Gasteiger partial charge in [-0.15, -0.1) is 11.3 Å². The van der Waals surface area contributed by atoms with E-state index in [4.69, 9.17) is 0 Å². The van der Waals surface area contributed by atoms with Crippen LogP contribution in [0.25, 0.3) is 0 Å². The predicted octanol–water partition coefficient (Wildman–Crippen LogP) is 2.52. The normalized spacial score (nSPS) is 15.7. The number of carbonyl (C=O) groups excluding carboxylic acids is 1. The van der Waals surface area contributed by atoms with Gasteiger partial charge in [0.15, 0.2) is 0 Å². The zero-order valence-corrected chi connectivity index (χ0v) is 15.2. The van der Waals surface area contributed by atoms with Crippen molar-refractivity contribution in [2.24, 2.45) is 0 Å². The Kier molecular flexibility index (Phi) is 5.07. The van der Waals surface area contributed by atoms with E-state index in [1.54, 1.807) is 16.2 Å². The Labute approximate surface area is 146 Å². The summed E-state index contributed by atoms with van der Waals surface area (Å²) in [6, 6.07) is 5.39. The highest BCUT2D eigenvalue weighted by Crippen LogP contribution is 2.22. The lowest BCUT2D eigenvalue weighted by atomic mass is 10.3. The number of hydrogen-bond donors (Lipinski definition) is 1. The first-order valence-corrected chi connectivity index (χ1v) is 10.3. The van der Waals surface area contributed by atoms with Gasteiger partial charge in [0.1, 0.15) is 10.6 Å². The van der Waals surface area contributed by atoms with E-state index in [0.29, 0.717) is 31.9 Å². The van der Waals surface area contributed by atoms with Crippen molar-refractivity contribution < 1.29 is 13.2 Å². The molecule has 2 aromatic heterocycles. The Hall–Kier alpha value is -1.64. The van der Waals surface area contributed by atoms with Gasteiger partial charge in [-0.05, 0) is 37.3 Å². The standard InChI is InChI=1S/C16H21N3O3S2/c1-2-18(12-13-6-5-9-23-13)16(20)15-10-14(11-17-15)24(21,22)19-7-3-4-8-19/h5-6,9-11,17H,2-4,7-8,12H2,1H3. The molecule has 1 saturated heterocycles. The fraction of sp³-hybridized carbons (Fsp3) is 0.438. The van der Waals surface area contributed by atoms with Crippen molar-refractivity contribution >= 4 is 27.3 Å². The number of thiophene rings is 1. The maximum absolute atomic E-state index is 12.7. The van der Waals surface area contributed by atoms with Crippen molar-refractivity contribution in [1.82, 2.24) is 14.2 Å². The number of carbonyl (C=O) groups is 1. The average molecular weight is 367 g/mol. The molecule has 1 amide bonds. The van der Waals surface area contributed by atoms with Gasteiger partial charge in [-0.1, -0.05) is 6.07 Å². The Morgan fingerprint density at radius 1 is 1.38 bits per heavy atom. The first-order chi connectivity index (χ1) is 11.5. The minimum atomic E-state index is -3.50. The molecule has 3 heterocycles. The minimum Gasteiger partial charge on any atom is -0.356 e. The van der Waals surface area contributed by atoms with Gasteiger partial charge in [-0.2, -0.15) is 4.31 Å². The van der Waals surface area contributed by atoms with Gasteiger partial charge in [0.25, 0.3) is 5.91 Å². The molecule has 6 nitrogen and oxygen atoms in total. The summed E-state index contributed by atoms with van der Waals surface area (Å²) in [4.78, 5) is 18.5. The highest BCUT2D eigenvalue weighted by Gasteiger charge is 2.29. The number of aromatic amines is 1. The molecule has 0 aromatic carbocycles. The van der Waals surface area contributed by atoms with Gasteiger partial charge >= 0.3 is 0 Å². The summed E-state index contributed by atoms with van der Waals surface area (Å²) in [5.41, 5.74) is 0.311. The molecule has 1 fully saturated rings. The Morgan fingerprint density at radius 3 is 2.75 bits per heavy atom. The summed E-state index contributed by atoms with van der Waals surface area (Å²) in [6.07, 6.45) is 3.19. The Morgan fingerprint density at radius 2 is 2.12 bits per heavy atom. The van der Waals surface area contributed by atoms with Crippen LogP contribution in [0, 0.1) is 0 Å². The Balaban J connectivity index is 1.77. The van der Waals surface area contributed by atoms with Crippen molar-refractivity contribution in [3.05, 3.63) is 40.3 Å². The van der Waals surface area contributed by atoms with Crippen LogP contribution in [0.15, 0.2) is 34.7 Å². The smallest absolute Gasteiger partial charge is 0.270 e. The van der Waals surface area contributed by atoms with Crippen molar-refractivity contribution in [3.8, 4) is 0 Å². The zero-order valence-electron chi connectivity index (χ0n) is 13.6.